The molecule has 0 aromatic heterocycles. The second-order valence-electron chi connectivity index (χ2n) is 7.76. The van der Waals surface area contributed by atoms with E-state index in [1.807, 2.05) is 60.7 Å². The quantitative estimate of drug-likeness (QED) is 0.344. The summed E-state index contributed by atoms with van der Waals surface area (Å²) in [6.07, 6.45) is 0. The van der Waals surface area contributed by atoms with Crippen LogP contribution in [0.15, 0.2) is 89.8 Å². The molecule has 1 aliphatic rings. The predicted octanol–water partition coefficient (Wildman–Crippen LogP) is 3.46. The first-order valence-electron chi connectivity index (χ1n) is 11.1. The molecule has 1 saturated heterocycles. The highest BCUT2D eigenvalue weighted by atomic mass is 32.2. The molecule has 1 aliphatic heterocycles. The van der Waals surface area contributed by atoms with Crippen LogP contribution in [0.3, 0.4) is 0 Å². The summed E-state index contributed by atoms with van der Waals surface area (Å²) in [6, 6.07) is 25.3. The fourth-order valence-electron chi connectivity index (χ4n) is 3.78. The predicted molar refractivity (Wildman–Crippen MR) is 127 cm³/mol. The van der Waals surface area contributed by atoms with Crippen LogP contribution in [0.4, 0.5) is 0 Å². The summed E-state index contributed by atoms with van der Waals surface area (Å²) in [5.41, 5.74) is 1.72. The van der Waals surface area contributed by atoms with Crippen molar-refractivity contribution in [3.63, 3.8) is 0 Å². The Balaban J connectivity index is 1.32. The zero-order valence-electron chi connectivity index (χ0n) is 18.7. The van der Waals surface area contributed by atoms with E-state index in [0.717, 1.165) is 11.1 Å². The average molecular weight is 482 g/mol. The third-order valence-corrected chi connectivity index (χ3v) is 7.44. The Morgan fingerprint density at radius 2 is 1.38 bits per heavy atom. The van der Waals surface area contributed by atoms with Gasteiger partial charge in [0.2, 0.25) is 10.0 Å². The SMILES string of the molecule is O=C(OCCOc1ccc(S(=O)(=O)N2CCOCC2)cc1)C(c1ccccc1)c1ccccc1. The van der Waals surface area contributed by atoms with Crippen molar-refractivity contribution in [2.75, 3.05) is 39.5 Å². The van der Waals surface area contributed by atoms with Crippen LogP contribution in [0.1, 0.15) is 17.0 Å². The van der Waals surface area contributed by atoms with Crippen molar-refractivity contribution in [3.8, 4) is 5.75 Å². The van der Waals surface area contributed by atoms with Crippen LogP contribution in [0.25, 0.3) is 0 Å². The first-order valence-corrected chi connectivity index (χ1v) is 12.6. The van der Waals surface area contributed by atoms with Crippen molar-refractivity contribution in [2.45, 2.75) is 10.8 Å². The van der Waals surface area contributed by atoms with E-state index >= 15 is 0 Å². The number of rotatable bonds is 9. The summed E-state index contributed by atoms with van der Waals surface area (Å²) in [5, 5.41) is 0. The van der Waals surface area contributed by atoms with Gasteiger partial charge in [0.1, 0.15) is 24.9 Å². The van der Waals surface area contributed by atoms with E-state index in [9.17, 15) is 13.2 Å². The van der Waals surface area contributed by atoms with Gasteiger partial charge in [-0.15, -0.1) is 0 Å². The Hall–Kier alpha value is -3.20. The van der Waals surface area contributed by atoms with Gasteiger partial charge in [0.05, 0.1) is 18.1 Å². The summed E-state index contributed by atoms with van der Waals surface area (Å²) in [7, 11) is -3.55. The first-order chi connectivity index (χ1) is 16.6. The molecule has 0 bridgehead atoms. The number of benzene rings is 3. The minimum Gasteiger partial charge on any atom is -0.490 e. The van der Waals surface area contributed by atoms with Crippen molar-refractivity contribution >= 4 is 16.0 Å². The minimum atomic E-state index is -3.55. The lowest BCUT2D eigenvalue weighted by molar-refractivity contribution is -0.145. The summed E-state index contributed by atoms with van der Waals surface area (Å²) in [4.78, 5) is 13.1. The molecule has 7 nitrogen and oxygen atoms in total. The van der Waals surface area contributed by atoms with Crippen LogP contribution in [0, 0.1) is 0 Å². The highest BCUT2D eigenvalue weighted by Gasteiger charge is 2.26. The van der Waals surface area contributed by atoms with E-state index in [0.29, 0.717) is 32.1 Å². The zero-order valence-corrected chi connectivity index (χ0v) is 19.5. The molecule has 0 amide bonds. The molecule has 0 spiro atoms. The van der Waals surface area contributed by atoms with E-state index in [1.54, 1.807) is 12.1 Å². The molecule has 1 fully saturated rings. The van der Waals surface area contributed by atoms with Gasteiger partial charge in [0, 0.05) is 13.1 Å². The molecule has 1 heterocycles. The molecule has 0 N–H and O–H groups in total. The zero-order chi connectivity index (χ0) is 23.8. The minimum absolute atomic E-state index is 0.0723. The molecule has 3 aromatic carbocycles. The van der Waals surface area contributed by atoms with Gasteiger partial charge in [-0.25, -0.2) is 8.42 Å². The summed E-state index contributed by atoms with van der Waals surface area (Å²) >= 11 is 0. The van der Waals surface area contributed by atoms with Crippen LogP contribution in [-0.2, 0) is 24.3 Å². The lowest BCUT2D eigenvalue weighted by atomic mass is 9.91. The average Bonchev–Trinajstić information content (AvgIpc) is 2.89. The third kappa shape index (κ3) is 5.83. The molecule has 0 atom stereocenters. The van der Waals surface area contributed by atoms with Crippen LogP contribution in [-0.4, -0.2) is 58.2 Å². The molecule has 34 heavy (non-hydrogen) atoms. The second kappa shape index (κ2) is 11.3. The van der Waals surface area contributed by atoms with Gasteiger partial charge < -0.3 is 14.2 Å². The topological polar surface area (TPSA) is 82.1 Å². The maximum Gasteiger partial charge on any atom is 0.318 e. The molecule has 3 aromatic rings. The number of carbonyl (C=O) groups is 1. The lowest BCUT2D eigenvalue weighted by Crippen LogP contribution is -2.40. The van der Waals surface area contributed by atoms with Gasteiger partial charge in [-0.2, -0.15) is 4.31 Å². The van der Waals surface area contributed by atoms with E-state index in [1.165, 1.54) is 16.4 Å². The molecular weight excluding hydrogens is 454 g/mol. The smallest absolute Gasteiger partial charge is 0.318 e. The van der Waals surface area contributed by atoms with E-state index in [4.69, 9.17) is 14.2 Å². The number of esters is 1. The number of ether oxygens (including phenoxy) is 3. The lowest BCUT2D eigenvalue weighted by Gasteiger charge is -2.26. The van der Waals surface area contributed by atoms with Crippen molar-refractivity contribution in [1.82, 2.24) is 4.31 Å². The first kappa shape index (κ1) is 23.9. The largest absolute Gasteiger partial charge is 0.490 e. The normalized spacial score (nSPS) is 14.6. The van der Waals surface area contributed by atoms with E-state index in [2.05, 4.69) is 0 Å². The Morgan fingerprint density at radius 1 is 0.824 bits per heavy atom. The van der Waals surface area contributed by atoms with Gasteiger partial charge in [-0.3, -0.25) is 4.79 Å². The maximum absolute atomic E-state index is 12.9. The van der Waals surface area contributed by atoms with E-state index < -0.39 is 15.9 Å². The molecule has 0 unspecified atom stereocenters. The Labute approximate surface area is 199 Å². The number of carbonyl (C=O) groups excluding carboxylic acids is 1. The molecular formula is C26H27NO6S. The van der Waals surface area contributed by atoms with Gasteiger partial charge in [0.25, 0.3) is 0 Å². The number of sulfonamides is 1. The fourth-order valence-corrected chi connectivity index (χ4v) is 5.19. The van der Waals surface area contributed by atoms with Crippen LogP contribution < -0.4 is 4.74 Å². The molecule has 0 radical (unpaired) electrons. The standard InChI is InChI=1S/C26H27NO6S/c28-26(25(21-7-3-1-4-8-21)22-9-5-2-6-10-22)33-20-19-32-23-11-13-24(14-12-23)34(29,30)27-15-17-31-18-16-27/h1-14,25H,15-20H2. The summed E-state index contributed by atoms with van der Waals surface area (Å²) in [5.74, 6) is -0.375. The molecule has 4 rings (SSSR count). The van der Waals surface area contributed by atoms with Crippen molar-refractivity contribution in [1.29, 1.82) is 0 Å². The summed E-state index contributed by atoms with van der Waals surface area (Å²) in [6.45, 7) is 1.71. The number of morpholine rings is 1. The maximum atomic E-state index is 12.9. The highest BCUT2D eigenvalue weighted by Crippen LogP contribution is 2.26. The third-order valence-electron chi connectivity index (χ3n) is 5.53. The fraction of sp³-hybridized carbons (Fsp3) is 0.269. The Bertz CT molecular complexity index is 1120. The van der Waals surface area contributed by atoms with Crippen molar-refractivity contribution in [2.24, 2.45) is 0 Å². The van der Waals surface area contributed by atoms with Crippen LogP contribution in [0.5, 0.6) is 5.75 Å². The van der Waals surface area contributed by atoms with Crippen molar-refractivity contribution in [3.05, 3.63) is 96.1 Å². The molecule has 8 heteroatoms. The van der Waals surface area contributed by atoms with Crippen LogP contribution >= 0.6 is 0 Å². The van der Waals surface area contributed by atoms with Gasteiger partial charge in [0.15, 0.2) is 0 Å². The van der Waals surface area contributed by atoms with Gasteiger partial charge in [-0.1, -0.05) is 60.7 Å². The Kier molecular flexibility index (Phi) is 7.95. The number of nitrogens with zero attached hydrogens (tertiary/aromatic N) is 1. The summed E-state index contributed by atoms with van der Waals surface area (Å²) < 4.78 is 43.2. The number of hydrogen-bond acceptors (Lipinski definition) is 6. The molecule has 178 valence electrons. The molecule has 0 saturated carbocycles. The van der Waals surface area contributed by atoms with Gasteiger partial charge in [-0.05, 0) is 35.4 Å². The van der Waals surface area contributed by atoms with Gasteiger partial charge >= 0.3 is 5.97 Å². The number of hydrogen-bond donors (Lipinski definition) is 0. The van der Waals surface area contributed by atoms with Crippen molar-refractivity contribution < 1.29 is 27.4 Å². The van der Waals surface area contributed by atoms with E-state index in [-0.39, 0.29) is 24.1 Å². The van der Waals surface area contributed by atoms with Crippen LogP contribution in [0.2, 0.25) is 0 Å². The second-order valence-corrected chi connectivity index (χ2v) is 9.70. The highest BCUT2D eigenvalue weighted by molar-refractivity contribution is 7.89. The molecule has 0 aliphatic carbocycles. The Morgan fingerprint density at radius 3 is 1.94 bits per heavy atom. The monoisotopic (exact) mass is 481 g/mol.